The number of nitrogens with zero attached hydrogens (tertiary/aromatic N) is 4. The largest absolute Gasteiger partial charge is 0.416 e. The molecule has 3 N–H and O–H groups in total. The highest BCUT2D eigenvalue weighted by molar-refractivity contribution is 7.93. The first-order valence-corrected chi connectivity index (χ1v) is 22.1. The molecule has 4 aromatic carbocycles. The third kappa shape index (κ3) is 10.9. The summed E-state index contributed by atoms with van der Waals surface area (Å²) in [5.74, 6) is -0.173. The molecule has 2 heterocycles. The van der Waals surface area contributed by atoms with Crippen molar-refractivity contribution in [2.75, 3.05) is 14.8 Å². The maximum absolute atomic E-state index is 12.9. The van der Waals surface area contributed by atoms with Crippen molar-refractivity contribution in [1.29, 1.82) is 0 Å². The van der Waals surface area contributed by atoms with Crippen LogP contribution in [0.15, 0.2) is 76.5 Å². The Morgan fingerprint density at radius 3 is 1.72 bits per heavy atom. The number of nitrogens with one attached hydrogen (secondary N) is 3. The summed E-state index contributed by atoms with van der Waals surface area (Å²) in [5.41, 5.74) is 0.302. The van der Waals surface area contributed by atoms with Gasteiger partial charge in [-0.3, -0.25) is 14.2 Å². The number of sulfonamides is 2. The maximum atomic E-state index is 12.9. The van der Waals surface area contributed by atoms with Crippen LogP contribution in [-0.4, -0.2) is 43.1 Å². The van der Waals surface area contributed by atoms with E-state index in [-0.39, 0.29) is 71.7 Å². The molecule has 0 unspecified atom stereocenters. The number of rotatable bonds is 9. The summed E-state index contributed by atoms with van der Waals surface area (Å²) in [7, 11) is -8.25. The zero-order chi connectivity index (χ0) is 42.0. The van der Waals surface area contributed by atoms with Gasteiger partial charge >= 0.3 is 6.18 Å². The van der Waals surface area contributed by atoms with E-state index in [1.807, 2.05) is 0 Å². The molecule has 1 amide bonds. The van der Waals surface area contributed by atoms with Crippen molar-refractivity contribution in [1.82, 2.24) is 20.4 Å². The number of hydrogen-bond acceptors (Lipinski definition) is 11. The molecule has 12 nitrogen and oxygen atoms in total. The molecule has 0 aliphatic heterocycles. The highest BCUT2D eigenvalue weighted by atomic mass is 35.5. The molecule has 26 heteroatoms. The summed E-state index contributed by atoms with van der Waals surface area (Å²) in [6, 6.07) is 15.1. The van der Waals surface area contributed by atoms with Crippen LogP contribution >= 0.6 is 104 Å². The molecular formula is C31H17Cl7F3N7O5S4. The zero-order valence-electron chi connectivity index (χ0n) is 27.6. The third-order valence-corrected chi connectivity index (χ3v) is 14.5. The minimum absolute atomic E-state index is 0.00309. The highest BCUT2D eigenvalue weighted by Crippen LogP contribution is 2.43. The van der Waals surface area contributed by atoms with Gasteiger partial charge in [-0.15, -0.1) is 20.4 Å². The van der Waals surface area contributed by atoms with Gasteiger partial charge in [-0.2, -0.15) is 13.2 Å². The van der Waals surface area contributed by atoms with Gasteiger partial charge in [0.15, 0.2) is 5.01 Å². The van der Waals surface area contributed by atoms with Crippen molar-refractivity contribution in [3.8, 4) is 21.1 Å². The van der Waals surface area contributed by atoms with Crippen molar-refractivity contribution in [3.63, 3.8) is 0 Å². The summed E-state index contributed by atoms with van der Waals surface area (Å²) in [5, 5.41) is 17.3. The minimum atomic E-state index is -4.65. The predicted molar refractivity (Wildman–Crippen MR) is 220 cm³/mol. The molecular weight excluding hydrogens is 984 g/mol. The number of benzene rings is 4. The number of anilines is 3. The fraction of sp³-hybridized carbons (Fsp3) is 0.0645. The molecule has 0 aliphatic carbocycles. The maximum Gasteiger partial charge on any atom is 0.416 e. The first-order valence-electron chi connectivity index (χ1n) is 14.8. The summed E-state index contributed by atoms with van der Waals surface area (Å²) in [6.45, 7) is 1.42. The fourth-order valence-electron chi connectivity index (χ4n) is 4.38. The number of amides is 1. The number of carbonyl (C=O) groups excluding carboxylic acids is 1. The first-order chi connectivity index (χ1) is 26.6. The summed E-state index contributed by atoms with van der Waals surface area (Å²) in [4.78, 5) is 10.5. The minimum Gasteiger partial charge on any atom is -0.326 e. The van der Waals surface area contributed by atoms with Crippen LogP contribution in [0.3, 0.4) is 0 Å². The van der Waals surface area contributed by atoms with Crippen molar-refractivity contribution in [2.24, 2.45) is 0 Å². The Morgan fingerprint density at radius 1 is 0.649 bits per heavy atom. The number of carbonyl (C=O) groups is 1. The van der Waals surface area contributed by atoms with Crippen LogP contribution in [0.5, 0.6) is 0 Å². The molecule has 300 valence electrons. The fourth-order valence-corrected chi connectivity index (χ4v) is 11.3. The monoisotopic (exact) mass is 997 g/mol. The molecule has 57 heavy (non-hydrogen) atoms. The lowest BCUT2D eigenvalue weighted by atomic mass is 10.1. The molecule has 6 aromatic rings. The second-order valence-corrected chi connectivity index (χ2v) is 18.8. The molecule has 6 rings (SSSR count). The van der Waals surface area contributed by atoms with Gasteiger partial charge in [0, 0.05) is 23.7 Å². The third-order valence-electron chi connectivity index (χ3n) is 6.81. The number of alkyl halides is 3. The van der Waals surface area contributed by atoms with E-state index in [0.29, 0.717) is 34.2 Å². The van der Waals surface area contributed by atoms with Gasteiger partial charge in [0.1, 0.15) is 14.8 Å². The molecule has 0 aliphatic rings. The van der Waals surface area contributed by atoms with Crippen molar-refractivity contribution in [2.45, 2.75) is 22.9 Å². The first kappa shape index (κ1) is 44.9. The highest BCUT2D eigenvalue weighted by Gasteiger charge is 2.33. The van der Waals surface area contributed by atoms with Crippen LogP contribution < -0.4 is 14.8 Å². The second kappa shape index (κ2) is 18.0. The van der Waals surface area contributed by atoms with E-state index in [4.69, 9.17) is 81.2 Å². The lowest BCUT2D eigenvalue weighted by Gasteiger charge is -2.10. The predicted octanol–water partition coefficient (Wildman–Crippen LogP) is 11.6. The molecule has 0 atom stereocenters. The van der Waals surface area contributed by atoms with Crippen LogP contribution in [0.25, 0.3) is 21.1 Å². The molecule has 2 aromatic heterocycles. The summed E-state index contributed by atoms with van der Waals surface area (Å²) < 4.78 is 93.4. The lowest BCUT2D eigenvalue weighted by molar-refractivity contribution is -0.137. The second-order valence-electron chi connectivity index (χ2n) is 10.8. The van der Waals surface area contributed by atoms with Crippen LogP contribution in [0.2, 0.25) is 35.2 Å². The Labute approximate surface area is 364 Å². The van der Waals surface area contributed by atoms with Crippen molar-refractivity contribution in [3.05, 3.63) is 107 Å². The Bertz CT molecular complexity index is 2680. The smallest absolute Gasteiger partial charge is 0.326 e. The lowest BCUT2D eigenvalue weighted by Crippen LogP contribution is -2.13. The van der Waals surface area contributed by atoms with E-state index in [2.05, 4.69) is 35.2 Å². The van der Waals surface area contributed by atoms with Crippen LogP contribution in [-0.2, 0) is 31.0 Å². The topological polar surface area (TPSA) is 173 Å². The Morgan fingerprint density at radius 2 is 1.18 bits per heavy atom. The van der Waals surface area contributed by atoms with E-state index in [0.717, 1.165) is 23.0 Å². The van der Waals surface area contributed by atoms with Gasteiger partial charge in [0.25, 0.3) is 20.0 Å². The van der Waals surface area contributed by atoms with E-state index < -0.39 is 31.8 Å². The number of aromatic nitrogens is 4. The van der Waals surface area contributed by atoms with Crippen molar-refractivity contribution >= 4 is 146 Å². The normalized spacial score (nSPS) is 11.8. The Kier molecular flexibility index (Phi) is 14.1. The van der Waals surface area contributed by atoms with Gasteiger partial charge in [-0.25, -0.2) is 16.8 Å². The van der Waals surface area contributed by atoms with Gasteiger partial charge in [-0.05, 0) is 60.7 Å². The van der Waals surface area contributed by atoms with E-state index >= 15 is 0 Å². The van der Waals surface area contributed by atoms with Gasteiger partial charge in [0.2, 0.25) is 16.2 Å². The van der Waals surface area contributed by atoms with E-state index in [1.54, 1.807) is 30.3 Å². The van der Waals surface area contributed by atoms with Gasteiger partial charge in [-0.1, -0.05) is 110 Å². The average Bonchev–Trinajstić information content (AvgIpc) is 3.75. The van der Waals surface area contributed by atoms with E-state index in [9.17, 15) is 34.8 Å². The summed E-state index contributed by atoms with van der Waals surface area (Å²) >= 11 is 43.2. The Hall–Kier alpha value is -3.21. The molecule has 0 saturated carbocycles. The molecule has 0 radical (unpaired) electrons. The zero-order valence-corrected chi connectivity index (χ0v) is 36.2. The average molecular weight is 1000 g/mol. The van der Waals surface area contributed by atoms with Crippen LogP contribution in [0.4, 0.5) is 29.1 Å². The molecule has 0 fully saturated rings. The summed E-state index contributed by atoms with van der Waals surface area (Å²) in [6.07, 6.45) is -4.65. The number of halogens is 10. The van der Waals surface area contributed by atoms with Gasteiger partial charge < -0.3 is 5.32 Å². The van der Waals surface area contributed by atoms with E-state index in [1.165, 1.54) is 25.1 Å². The molecule has 0 bridgehead atoms. The standard InChI is InChI=1S/C16H12Cl2N4O3S2.C15H5Cl5F3N3O2S2/c1-9(23)19-11-7-5-10(6-8-11)15-20-21-16(26-15)22-27(24,25)14-12(17)3-2-4-13(14)18;16-6-1-2-9(12(20)11(6)19)30(27,28)26-14-25-24-13(29-14)10-7(17)3-5(4-8(10)18)15(21,22)23/h2-8H,1H3,(H,19,23)(H,21,22);1-4H,(H,25,26). The van der Waals surface area contributed by atoms with Gasteiger partial charge in [0.05, 0.1) is 40.7 Å². The van der Waals surface area contributed by atoms with Crippen molar-refractivity contribution < 1.29 is 34.8 Å². The molecule has 0 spiro atoms. The van der Waals surface area contributed by atoms with Crippen LogP contribution in [0.1, 0.15) is 12.5 Å². The SMILES string of the molecule is CC(=O)Nc1ccc(-c2nnc(NS(=O)(=O)c3c(Cl)cccc3Cl)s2)cc1.O=S(=O)(Nc1nnc(-c2c(Cl)cc(C(F)(F)F)cc2Cl)s1)c1ccc(Cl)c(Cl)c1Cl. The van der Waals surface area contributed by atoms with Crippen LogP contribution in [0, 0.1) is 0 Å². The number of hydrogen-bond donors (Lipinski definition) is 3. The molecule has 0 saturated heterocycles. The quantitative estimate of drug-likeness (QED) is 0.119. The Balaban J connectivity index is 0.000000219.